The van der Waals surface area contributed by atoms with Crippen molar-refractivity contribution in [2.45, 2.75) is 78.3 Å². The molecule has 37 heavy (non-hydrogen) atoms. The lowest BCUT2D eigenvalue weighted by Gasteiger charge is -2.32. The van der Waals surface area contributed by atoms with Crippen LogP contribution in [0.2, 0.25) is 0 Å². The quantitative estimate of drug-likeness (QED) is 0.333. The molecule has 0 saturated heterocycles. The summed E-state index contributed by atoms with van der Waals surface area (Å²) in [6.45, 7) is 11.7. The van der Waals surface area contributed by atoms with Crippen LogP contribution in [0.1, 0.15) is 68.4 Å². The summed E-state index contributed by atoms with van der Waals surface area (Å²) in [5.74, 6) is -0.103. The van der Waals surface area contributed by atoms with Gasteiger partial charge in [-0.15, -0.1) is 0 Å². The van der Waals surface area contributed by atoms with Crippen molar-refractivity contribution in [1.29, 1.82) is 0 Å². The number of hydrogen-bond acceptors (Lipinski definition) is 2. The van der Waals surface area contributed by atoms with Gasteiger partial charge in [0.15, 0.2) is 0 Å². The maximum atomic E-state index is 13.8. The zero-order valence-electron chi connectivity index (χ0n) is 23.1. The molecule has 0 radical (unpaired) electrons. The molecule has 0 aromatic heterocycles. The van der Waals surface area contributed by atoms with Gasteiger partial charge in [-0.3, -0.25) is 9.59 Å². The molecule has 4 nitrogen and oxygen atoms in total. The second-order valence-corrected chi connectivity index (χ2v) is 11.0. The topological polar surface area (TPSA) is 49.4 Å². The number of nitrogens with zero attached hydrogens (tertiary/aromatic N) is 1. The average Bonchev–Trinajstić information content (AvgIpc) is 2.89. The van der Waals surface area contributed by atoms with E-state index < -0.39 is 6.04 Å². The molecule has 1 atom stereocenters. The molecule has 0 aliphatic rings. The highest BCUT2D eigenvalue weighted by Gasteiger charge is 2.30. The summed E-state index contributed by atoms with van der Waals surface area (Å²) in [5.41, 5.74) is 5.73. The third-order valence-corrected chi connectivity index (χ3v) is 6.74. The van der Waals surface area contributed by atoms with E-state index in [1.807, 2.05) is 56.3 Å². The Morgan fingerprint density at radius 2 is 1.46 bits per heavy atom. The fourth-order valence-electron chi connectivity index (χ4n) is 4.38. The van der Waals surface area contributed by atoms with Crippen LogP contribution >= 0.6 is 0 Å². The van der Waals surface area contributed by atoms with E-state index in [2.05, 4.69) is 62.5 Å². The van der Waals surface area contributed by atoms with Gasteiger partial charge < -0.3 is 10.2 Å². The minimum atomic E-state index is -0.578. The molecule has 3 aromatic carbocycles. The van der Waals surface area contributed by atoms with Crippen molar-refractivity contribution in [3.05, 3.63) is 107 Å². The summed E-state index contributed by atoms with van der Waals surface area (Å²) in [5, 5.41) is 3.04. The second-order valence-electron chi connectivity index (χ2n) is 11.0. The van der Waals surface area contributed by atoms with Crippen LogP contribution in [0.3, 0.4) is 0 Å². The van der Waals surface area contributed by atoms with Crippen LogP contribution in [0.25, 0.3) is 0 Å². The number of rotatable bonds is 11. The Balaban J connectivity index is 1.85. The molecule has 3 aromatic rings. The number of carbonyl (C=O) groups is 2. The van der Waals surface area contributed by atoms with Crippen LogP contribution in [0.15, 0.2) is 78.9 Å². The first-order valence-electron chi connectivity index (χ1n) is 13.4. The van der Waals surface area contributed by atoms with E-state index in [-0.39, 0.29) is 17.2 Å². The average molecular weight is 499 g/mol. The maximum Gasteiger partial charge on any atom is 0.243 e. The first-order chi connectivity index (χ1) is 17.7. The van der Waals surface area contributed by atoms with Crippen LogP contribution in [-0.4, -0.2) is 29.3 Å². The molecule has 0 heterocycles. The summed E-state index contributed by atoms with van der Waals surface area (Å²) in [4.78, 5) is 29.0. The third-order valence-electron chi connectivity index (χ3n) is 6.74. The van der Waals surface area contributed by atoms with Crippen molar-refractivity contribution in [3.63, 3.8) is 0 Å². The lowest BCUT2D eigenvalue weighted by molar-refractivity contribution is -0.141. The molecule has 4 heteroatoms. The minimum Gasteiger partial charge on any atom is -0.354 e. The zero-order chi connectivity index (χ0) is 26.8. The summed E-state index contributed by atoms with van der Waals surface area (Å²) >= 11 is 0. The lowest BCUT2D eigenvalue weighted by Crippen LogP contribution is -2.50. The molecule has 196 valence electrons. The smallest absolute Gasteiger partial charge is 0.243 e. The Labute approximate surface area is 223 Å². The Kier molecular flexibility index (Phi) is 10.1. The zero-order valence-corrected chi connectivity index (χ0v) is 23.1. The van der Waals surface area contributed by atoms with Gasteiger partial charge in [0.25, 0.3) is 0 Å². The Hall–Kier alpha value is -3.40. The van der Waals surface area contributed by atoms with E-state index in [0.717, 1.165) is 23.1 Å². The summed E-state index contributed by atoms with van der Waals surface area (Å²) < 4.78 is 0. The van der Waals surface area contributed by atoms with Crippen molar-refractivity contribution in [2.24, 2.45) is 0 Å². The van der Waals surface area contributed by atoms with Gasteiger partial charge in [-0.1, -0.05) is 112 Å². The van der Waals surface area contributed by atoms with Crippen LogP contribution in [0.5, 0.6) is 0 Å². The van der Waals surface area contributed by atoms with Crippen molar-refractivity contribution < 1.29 is 9.59 Å². The maximum absolute atomic E-state index is 13.8. The van der Waals surface area contributed by atoms with E-state index in [1.54, 1.807) is 4.90 Å². The number of amides is 2. The van der Waals surface area contributed by atoms with Gasteiger partial charge >= 0.3 is 0 Å². The number of carbonyl (C=O) groups excluding carboxylic acids is 2. The van der Waals surface area contributed by atoms with Crippen molar-refractivity contribution >= 4 is 11.8 Å². The number of nitrogens with one attached hydrogen (secondary N) is 1. The van der Waals surface area contributed by atoms with Crippen molar-refractivity contribution in [3.8, 4) is 0 Å². The van der Waals surface area contributed by atoms with Crippen LogP contribution in [0, 0.1) is 6.92 Å². The molecule has 3 rings (SSSR count). The van der Waals surface area contributed by atoms with E-state index in [9.17, 15) is 9.59 Å². The third kappa shape index (κ3) is 8.59. The highest BCUT2D eigenvalue weighted by molar-refractivity contribution is 5.88. The molecule has 2 amide bonds. The molecule has 1 N–H and O–H groups in total. The van der Waals surface area contributed by atoms with Crippen molar-refractivity contribution in [2.75, 3.05) is 6.54 Å². The van der Waals surface area contributed by atoms with Gasteiger partial charge in [-0.05, 0) is 47.4 Å². The molecule has 0 spiro atoms. The van der Waals surface area contributed by atoms with Gasteiger partial charge in [-0.25, -0.2) is 0 Å². The first-order valence-corrected chi connectivity index (χ1v) is 13.4. The van der Waals surface area contributed by atoms with E-state index in [1.165, 1.54) is 11.1 Å². The first kappa shape index (κ1) is 28.2. The summed E-state index contributed by atoms with van der Waals surface area (Å²) in [6, 6.07) is 26.1. The number of aryl methyl sites for hydroxylation is 2. The van der Waals surface area contributed by atoms with Crippen LogP contribution in [0.4, 0.5) is 0 Å². The molecule has 0 aliphatic heterocycles. The van der Waals surface area contributed by atoms with Crippen LogP contribution < -0.4 is 5.32 Å². The minimum absolute atomic E-state index is 0.00643. The number of hydrogen-bond donors (Lipinski definition) is 1. The van der Waals surface area contributed by atoms with E-state index in [0.29, 0.717) is 32.4 Å². The molecule has 0 saturated carbocycles. The van der Waals surface area contributed by atoms with Gasteiger partial charge in [0.1, 0.15) is 6.04 Å². The molecule has 1 unspecified atom stereocenters. The number of benzene rings is 3. The highest BCUT2D eigenvalue weighted by atomic mass is 16.2. The predicted octanol–water partition coefficient (Wildman–Crippen LogP) is 6.39. The van der Waals surface area contributed by atoms with Gasteiger partial charge in [-0.2, -0.15) is 0 Å². The predicted molar refractivity (Wildman–Crippen MR) is 152 cm³/mol. The van der Waals surface area contributed by atoms with Gasteiger partial charge in [0.2, 0.25) is 11.8 Å². The van der Waals surface area contributed by atoms with Crippen LogP contribution in [-0.2, 0) is 34.4 Å². The lowest BCUT2D eigenvalue weighted by atomic mass is 9.86. The normalized spacial score (nSPS) is 12.1. The molecule has 0 fully saturated rings. The second kappa shape index (κ2) is 13.2. The van der Waals surface area contributed by atoms with Gasteiger partial charge in [0.05, 0.1) is 0 Å². The monoisotopic (exact) mass is 498 g/mol. The van der Waals surface area contributed by atoms with E-state index >= 15 is 0 Å². The summed E-state index contributed by atoms with van der Waals surface area (Å²) in [7, 11) is 0. The van der Waals surface area contributed by atoms with E-state index in [4.69, 9.17) is 0 Å². The molecule has 0 aliphatic carbocycles. The SMILES string of the molecule is CCCNC(=O)C(Cc1ccccc1)N(Cc1ccc(C)cc1)C(=O)CCc1ccc(C(C)(C)C)cc1. The van der Waals surface area contributed by atoms with Crippen molar-refractivity contribution in [1.82, 2.24) is 10.2 Å². The van der Waals surface area contributed by atoms with Gasteiger partial charge in [0, 0.05) is 25.9 Å². The Morgan fingerprint density at radius 1 is 0.838 bits per heavy atom. The Morgan fingerprint density at radius 3 is 2.05 bits per heavy atom. The summed E-state index contributed by atoms with van der Waals surface area (Å²) in [6.07, 6.45) is 2.32. The highest BCUT2D eigenvalue weighted by Crippen LogP contribution is 2.23. The Bertz CT molecular complexity index is 1130. The molecular weight excluding hydrogens is 456 g/mol. The fraction of sp³-hybridized carbons (Fsp3) is 0.394. The standard InChI is InChI=1S/C33H42N2O2/c1-6-22-34-32(37)30(23-27-10-8-7-9-11-27)35(24-28-14-12-25(2)13-15-28)31(36)21-18-26-16-19-29(20-17-26)33(3,4)5/h7-17,19-20,30H,6,18,21-24H2,1-5H3,(H,34,37). The largest absolute Gasteiger partial charge is 0.354 e. The fourth-order valence-corrected chi connectivity index (χ4v) is 4.38. The molecular formula is C33H42N2O2. The molecule has 0 bridgehead atoms.